The van der Waals surface area contributed by atoms with E-state index in [9.17, 15) is 17.8 Å². The number of hydrogen-bond donors (Lipinski definition) is 0. The normalized spacial score (nSPS) is 20.4. The van der Waals surface area contributed by atoms with Gasteiger partial charge in [-0.3, -0.25) is 4.57 Å². The van der Waals surface area contributed by atoms with Crippen molar-refractivity contribution in [2.24, 2.45) is 0 Å². The molecule has 0 unspecified atom stereocenters. The number of hydrogen-bond acceptors (Lipinski definition) is 3. The van der Waals surface area contributed by atoms with Crippen LogP contribution in [0.2, 0.25) is 0 Å². The Kier molecular flexibility index (Phi) is 9.35. The predicted octanol–water partition coefficient (Wildman–Crippen LogP) is 22.1. The molecule has 0 fully saturated rings. The second kappa shape index (κ2) is 21.0. The van der Waals surface area contributed by atoms with E-state index >= 15 is 0 Å². The van der Waals surface area contributed by atoms with Crippen LogP contribution >= 0.6 is 0 Å². The van der Waals surface area contributed by atoms with Crippen LogP contribution in [0.3, 0.4) is 0 Å². The molecule has 0 saturated carbocycles. The largest absolute Gasteiger partial charge is 0.510 e. The number of para-hydroxylation sites is 3. The Morgan fingerprint density at radius 2 is 1.22 bits per heavy atom. The summed E-state index contributed by atoms with van der Waals surface area (Å²) in [6.07, 6.45) is -1.73. The first-order valence-electron chi connectivity index (χ1n) is 40.6. The Morgan fingerprint density at radius 1 is 0.548 bits per heavy atom. The molecule has 0 N–H and O–H groups in total. The second-order valence-corrected chi connectivity index (χ2v) is 27.3. The minimum atomic E-state index is -4.55. The standard InChI is InChI=1S/C86H74N4O2.Pt/c1-82(2,3)55-36-41-87-79(46-55)90-74-28-16-14-24-62(74)63-33-32-58(48-75(63)90)91-57-21-18-20-56(47-57)88-51-89-80-59(53-31-35-78-68(42-53)64-25-15-17-29-77(64)92-78)26-19-27-65(80)67-50-73-72(85(8,9)39-40-86(73,10)11)49-66(67)60-22-12-13-23-61(60)69-43-54(45-76(88)81(69)89)52-30-34-70-71(44-52)84(6,7)38-37-83(70,4)5;/h12-36,41-46,49-50H,37-40H2,1-11H3;/q-2;/i4D3,5D3,6D3,7D3,30D,34D,37D2,38D2,44D;. The first-order valence-corrected chi connectivity index (χ1v) is 31.1. The first kappa shape index (κ1) is 41.5. The minimum absolute atomic E-state index is 0. The van der Waals surface area contributed by atoms with Gasteiger partial charge in [0.25, 0.3) is 6.33 Å². The van der Waals surface area contributed by atoms with E-state index in [-0.39, 0.29) is 59.8 Å². The van der Waals surface area contributed by atoms with E-state index < -0.39 is 85.8 Å². The Hall–Kier alpha value is -9.09. The topological polar surface area (TPSA) is 49.0 Å². The molecule has 0 bridgehead atoms. The van der Waals surface area contributed by atoms with Crippen molar-refractivity contribution in [2.75, 3.05) is 0 Å². The average Bonchev–Trinajstić information content (AvgIpc) is 0.735. The summed E-state index contributed by atoms with van der Waals surface area (Å²) in [7, 11) is 0. The summed E-state index contributed by atoms with van der Waals surface area (Å²) in [5, 5.41) is 3.60. The summed E-state index contributed by atoms with van der Waals surface area (Å²) < 4.78 is 198. The van der Waals surface area contributed by atoms with Crippen molar-refractivity contribution in [3.05, 3.63) is 247 Å². The Bertz CT molecular complexity index is 6300. The SMILES string of the molecule is [2H]c1c([2H])c2c(c([2H])c1-c1cc3c4c(c1)n(-c1[c-]c(Oc5[c-]c6c(cc5)c5ccccc5n6-c5cc(C(C)(C)C)ccn5)ccc1)[c-][n+]4-c1c(-c4ccc5oc6ccccc6c5c4)cccc1-c1cc4c(cc1-c1ccccc1-3)C(C)(C)CCC4(C)C)C(C([2H])([2H])[2H])(C([2H])([2H])[2H])C([2H])([2H])C([2H])([2H])C2(C([2H])([2H])[2H])C([2H])([2H])[2H].[Pt]. The fourth-order valence-corrected chi connectivity index (χ4v) is 14.4. The maximum Gasteiger partial charge on any atom is 0.268 e. The molecular formula is C86H74N4O2Pt-2. The van der Waals surface area contributed by atoms with Gasteiger partial charge in [-0.05, 0) is 196 Å². The van der Waals surface area contributed by atoms with Gasteiger partial charge in [-0.2, -0.15) is 18.2 Å². The monoisotopic (exact) mass is 1410 g/mol. The predicted molar refractivity (Wildman–Crippen MR) is 377 cm³/mol. The number of ether oxygens (including phenoxy) is 1. The van der Waals surface area contributed by atoms with E-state index in [1.54, 1.807) is 35.0 Å². The number of nitrogens with zero attached hydrogens (tertiary/aromatic N) is 4. The van der Waals surface area contributed by atoms with Gasteiger partial charge >= 0.3 is 0 Å². The van der Waals surface area contributed by atoms with Crippen LogP contribution in [0.15, 0.2) is 205 Å². The molecule has 0 radical (unpaired) electrons. The first-order chi connectivity index (χ1) is 52.0. The van der Waals surface area contributed by atoms with Crippen LogP contribution < -0.4 is 9.30 Å². The van der Waals surface area contributed by atoms with Crippen LogP contribution in [0.25, 0.3) is 128 Å². The van der Waals surface area contributed by atoms with Gasteiger partial charge in [0.15, 0.2) is 0 Å². The molecule has 6 nitrogen and oxygen atoms in total. The maximum absolute atomic E-state index is 10.6. The number of benzene rings is 10. The Morgan fingerprint density at radius 3 is 1.99 bits per heavy atom. The van der Waals surface area contributed by atoms with E-state index in [2.05, 4.69) is 102 Å². The molecule has 0 spiro atoms. The summed E-state index contributed by atoms with van der Waals surface area (Å²) in [4.78, 5) is 4.88. The molecule has 2 aliphatic carbocycles. The van der Waals surface area contributed by atoms with Gasteiger partial charge in [0.2, 0.25) is 0 Å². The summed E-state index contributed by atoms with van der Waals surface area (Å²) in [5.41, 5.74) is -0.109. The van der Waals surface area contributed by atoms with Gasteiger partial charge in [0, 0.05) is 77.0 Å². The average molecular weight is 1410 g/mol. The molecule has 462 valence electrons. The molecule has 0 atom stereocenters. The van der Waals surface area contributed by atoms with Gasteiger partial charge in [-0.25, -0.2) is 4.98 Å². The maximum atomic E-state index is 10.6. The van der Waals surface area contributed by atoms with E-state index in [1.807, 2.05) is 120 Å². The fourth-order valence-electron chi connectivity index (χ4n) is 14.4. The fraction of sp³-hybridized carbons (Fsp3) is 0.233. The molecule has 3 aliphatic rings. The van der Waals surface area contributed by atoms with E-state index in [0.717, 1.165) is 84.4 Å². The third-order valence-corrected chi connectivity index (χ3v) is 19.4. The molecule has 17 rings (SSSR count). The Labute approximate surface area is 586 Å². The number of furan rings is 1. The zero-order valence-corrected chi connectivity index (χ0v) is 54.4. The van der Waals surface area contributed by atoms with Crippen LogP contribution in [0.1, 0.15) is 155 Å². The Balaban J connectivity index is 0.00000949. The molecule has 14 aromatic rings. The summed E-state index contributed by atoms with van der Waals surface area (Å²) in [6.45, 7) is -1.64. The van der Waals surface area contributed by atoms with E-state index in [1.165, 1.54) is 6.07 Å². The van der Waals surface area contributed by atoms with Crippen molar-refractivity contribution in [3.63, 3.8) is 0 Å². The van der Waals surface area contributed by atoms with Crippen molar-refractivity contribution in [1.82, 2.24) is 14.1 Å². The van der Waals surface area contributed by atoms with Crippen LogP contribution in [0, 0.1) is 18.5 Å². The number of fused-ring (bicyclic) bond motifs is 15. The van der Waals surface area contributed by atoms with Gasteiger partial charge in [-0.1, -0.05) is 197 Å². The molecule has 1 aliphatic heterocycles. The smallest absolute Gasteiger partial charge is 0.268 e. The molecule has 4 aromatic heterocycles. The van der Waals surface area contributed by atoms with Crippen LogP contribution in [0.4, 0.5) is 0 Å². The zero-order chi connectivity index (χ0) is 79.2. The second-order valence-electron chi connectivity index (χ2n) is 27.3. The van der Waals surface area contributed by atoms with Crippen LogP contribution in [-0.4, -0.2) is 14.1 Å². The van der Waals surface area contributed by atoms with Crippen molar-refractivity contribution < 1.29 is 60.8 Å². The van der Waals surface area contributed by atoms with Crippen molar-refractivity contribution in [3.8, 4) is 84.3 Å². The molecule has 5 heterocycles. The molecule has 0 amide bonds. The number of pyridine rings is 1. The van der Waals surface area contributed by atoms with Gasteiger partial charge in [-0.15, -0.1) is 29.7 Å². The number of imidazole rings is 1. The molecule has 7 heteroatoms. The minimum Gasteiger partial charge on any atom is -0.510 e. The van der Waals surface area contributed by atoms with Gasteiger partial charge in [0.1, 0.15) is 17.0 Å². The van der Waals surface area contributed by atoms with Gasteiger partial charge < -0.3 is 18.3 Å². The van der Waals surface area contributed by atoms with Crippen LogP contribution in [-0.2, 0) is 48.1 Å². The van der Waals surface area contributed by atoms with Crippen molar-refractivity contribution in [1.29, 1.82) is 0 Å². The third-order valence-electron chi connectivity index (χ3n) is 19.4. The third kappa shape index (κ3) is 9.35. The zero-order valence-electron chi connectivity index (χ0n) is 71.2. The summed E-state index contributed by atoms with van der Waals surface area (Å²) in [6, 6.07) is 59.7. The number of rotatable bonds is 6. The summed E-state index contributed by atoms with van der Waals surface area (Å²) in [5.74, 6) is 1.20. The molecular weight excluding hydrogens is 1320 g/mol. The molecule has 0 saturated heterocycles. The van der Waals surface area contributed by atoms with Gasteiger partial charge in [0.05, 0.1) is 20.8 Å². The quantitative estimate of drug-likeness (QED) is 0.123. The number of aromatic nitrogens is 4. The molecule has 10 aromatic carbocycles. The van der Waals surface area contributed by atoms with Crippen molar-refractivity contribution >= 4 is 54.8 Å². The molecule has 93 heavy (non-hydrogen) atoms. The van der Waals surface area contributed by atoms with E-state index in [4.69, 9.17) is 22.4 Å². The van der Waals surface area contributed by atoms with Crippen molar-refractivity contribution in [2.45, 2.75) is 129 Å². The van der Waals surface area contributed by atoms with E-state index in [0.29, 0.717) is 56.1 Å². The summed E-state index contributed by atoms with van der Waals surface area (Å²) >= 11 is 0. The van der Waals surface area contributed by atoms with Crippen LogP contribution in [0.5, 0.6) is 11.5 Å².